The second-order valence-corrected chi connectivity index (χ2v) is 9.48. The van der Waals surface area contributed by atoms with Crippen LogP contribution in [-0.2, 0) is 11.2 Å². The minimum Gasteiger partial charge on any atom is -0.493 e. The van der Waals surface area contributed by atoms with E-state index >= 15 is 0 Å². The lowest BCUT2D eigenvalue weighted by atomic mass is 9.75. The molecular formula is C28H40O7. The van der Waals surface area contributed by atoms with Crippen LogP contribution < -0.4 is 28.4 Å². The average Bonchev–Trinajstić information content (AvgIpc) is 2.85. The monoisotopic (exact) mass is 488 g/mol. The molecule has 7 nitrogen and oxygen atoms in total. The maximum absolute atomic E-state index is 6.60. The minimum atomic E-state index is -0.193. The van der Waals surface area contributed by atoms with Crippen molar-refractivity contribution < 1.29 is 33.2 Å². The highest BCUT2D eigenvalue weighted by molar-refractivity contribution is 5.88. The Balaban J connectivity index is 2.53. The van der Waals surface area contributed by atoms with Gasteiger partial charge in [0.05, 0.1) is 48.8 Å². The fourth-order valence-corrected chi connectivity index (χ4v) is 4.95. The Hall–Kier alpha value is -2.80. The van der Waals surface area contributed by atoms with Crippen molar-refractivity contribution in [3.05, 3.63) is 23.3 Å². The summed E-state index contributed by atoms with van der Waals surface area (Å²) in [5.74, 6) is 4.30. The van der Waals surface area contributed by atoms with E-state index in [1.807, 2.05) is 12.1 Å². The molecule has 1 aliphatic rings. The van der Waals surface area contributed by atoms with E-state index in [1.165, 1.54) is 0 Å². The first-order valence-electron chi connectivity index (χ1n) is 12.0. The number of hydrogen-bond donors (Lipinski definition) is 0. The quantitative estimate of drug-likeness (QED) is 0.432. The Labute approximate surface area is 209 Å². The van der Waals surface area contributed by atoms with Crippen LogP contribution in [0.3, 0.4) is 0 Å². The number of fused-ring (bicyclic) bond motifs is 3. The Morgan fingerprint density at radius 3 is 1.71 bits per heavy atom. The van der Waals surface area contributed by atoms with Gasteiger partial charge in [-0.25, -0.2) is 0 Å². The van der Waals surface area contributed by atoms with E-state index in [1.54, 1.807) is 42.7 Å². The van der Waals surface area contributed by atoms with Crippen molar-refractivity contribution in [2.75, 3.05) is 49.3 Å². The molecule has 2 aromatic carbocycles. The molecule has 194 valence electrons. The van der Waals surface area contributed by atoms with Crippen LogP contribution in [0.4, 0.5) is 0 Å². The van der Waals surface area contributed by atoms with Crippen LogP contribution in [0, 0.1) is 17.8 Å². The summed E-state index contributed by atoms with van der Waals surface area (Å²) in [5.41, 5.74) is 3.78. The van der Waals surface area contributed by atoms with E-state index in [0.717, 1.165) is 28.7 Å². The summed E-state index contributed by atoms with van der Waals surface area (Å²) >= 11 is 0. The summed E-state index contributed by atoms with van der Waals surface area (Å²) in [4.78, 5) is 0. The third-order valence-electron chi connectivity index (χ3n) is 6.85. The van der Waals surface area contributed by atoms with Crippen LogP contribution in [0.15, 0.2) is 12.1 Å². The first-order valence-corrected chi connectivity index (χ1v) is 12.0. The number of benzene rings is 2. The van der Waals surface area contributed by atoms with E-state index < -0.39 is 0 Å². The zero-order valence-corrected chi connectivity index (χ0v) is 22.7. The molecule has 0 aromatic heterocycles. The molecule has 2 aromatic rings. The summed E-state index contributed by atoms with van der Waals surface area (Å²) < 4.78 is 41.6. The van der Waals surface area contributed by atoms with Crippen molar-refractivity contribution in [3.8, 4) is 45.6 Å². The smallest absolute Gasteiger partial charge is 0.203 e. The predicted molar refractivity (Wildman–Crippen MR) is 137 cm³/mol. The number of ether oxygens (including phenoxy) is 7. The van der Waals surface area contributed by atoms with Gasteiger partial charge in [-0.15, -0.1) is 0 Å². The van der Waals surface area contributed by atoms with Gasteiger partial charge in [0, 0.05) is 17.7 Å². The van der Waals surface area contributed by atoms with Crippen LogP contribution in [0.5, 0.6) is 34.5 Å². The molecular weight excluding hydrogens is 448 g/mol. The van der Waals surface area contributed by atoms with Crippen molar-refractivity contribution in [2.45, 2.75) is 40.2 Å². The fraction of sp³-hybridized carbons (Fsp3) is 0.571. The first-order chi connectivity index (χ1) is 16.8. The fourth-order valence-electron chi connectivity index (χ4n) is 4.95. The lowest BCUT2D eigenvalue weighted by Crippen LogP contribution is -2.26. The highest BCUT2D eigenvalue weighted by atomic mass is 16.5. The van der Waals surface area contributed by atoms with Gasteiger partial charge in [0.2, 0.25) is 11.5 Å². The highest BCUT2D eigenvalue weighted by Crippen LogP contribution is 2.57. The van der Waals surface area contributed by atoms with Crippen molar-refractivity contribution in [1.82, 2.24) is 0 Å². The first kappa shape index (κ1) is 26.8. The third-order valence-corrected chi connectivity index (χ3v) is 6.85. The minimum absolute atomic E-state index is 0.193. The molecule has 0 aliphatic heterocycles. The molecule has 0 N–H and O–H groups in total. The van der Waals surface area contributed by atoms with Crippen LogP contribution >= 0.6 is 0 Å². The molecule has 0 unspecified atom stereocenters. The normalized spacial score (nSPS) is 19.2. The van der Waals surface area contributed by atoms with Crippen molar-refractivity contribution in [1.29, 1.82) is 0 Å². The third kappa shape index (κ3) is 4.83. The largest absolute Gasteiger partial charge is 0.493 e. The van der Waals surface area contributed by atoms with E-state index in [2.05, 4.69) is 27.7 Å². The van der Waals surface area contributed by atoms with E-state index in [9.17, 15) is 0 Å². The molecule has 1 aliphatic carbocycles. The molecule has 3 rings (SSSR count). The number of methoxy groups -OCH3 is 6. The maximum atomic E-state index is 6.60. The second kappa shape index (κ2) is 11.3. The molecule has 0 heterocycles. The van der Waals surface area contributed by atoms with Crippen LogP contribution in [0.1, 0.15) is 44.9 Å². The van der Waals surface area contributed by atoms with E-state index in [0.29, 0.717) is 52.9 Å². The van der Waals surface area contributed by atoms with Gasteiger partial charge in [0.15, 0.2) is 23.0 Å². The lowest BCUT2D eigenvalue weighted by Gasteiger charge is -2.36. The molecule has 0 amide bonds. The standard InChI is InChI=1S/C28H40O7/c1-15(2)14-35-24-17(4)16(3)11-18-12-20(29-5)25(31-7)27(33-9)22(18)23-19(24)13-21(30-6)26(32-8)28(23)34-10/h12-13,15-17,24H,11,14H2,1-10H3/t16-,17-,24+/m0/s1. The van der Waals surface area contributed by atoms with Crippen molar-refractivity contribution in [2.24, 2.45) is 17.8 Å². The number of rotatable bonds is 9. The van der Waals surface area contributed by atoms with Gasteiger partial charge in [0.25, 0.3) is 0 Å². The molecule has 3 atom stereocenters. The zero-order valence-electron chi connectivity index (χ0n) is 22.7. The Kier molecular flexibility index (Phi) is 8.65. The summed E-state index contributed by atoms with van der Waals surface area (Å²) in [6.07, 6.45) is 0.605. The van der Waals surface area contributed by atoms with Gasteiger partial charge in [-0.05, 0) is 47.4 Å². The average molecular weight is 489 g/mol. The SMILES string of the molecule is COc1cc2c(c(OC)c1OC)-c1c(cc(OC)c(OC)c1OC)[C@H](OCC(C)C)[C@@H](C)[C@@H](C)C2. The molecule has 35 heavy (non-hydrogen) atoms. The van der Waals surface area contributed by atoms with Gasteiger partial charge in [-0.1, -0.05) is 27.7 Å². The molecule has 0 saturated heterocycles. The summed E-state index contributed by atoms with van der Waals surface area (Å²) in [6, 6.07) is 4.05. The van der Waals surface area contributed by atoms with Gasteiger partial charge in [0.1, 0.15) is 0 Å². The van der Waals surface area contributed by atoms with E-state index in [4.69, 9.17) is 33.2 Å². The van der Waals surface area contributed by atoms with Crippen molar-refractivity contribution >= 4 is 0 Å². The van der Waals surface area contributed by atoms with Crippen LogP contribution in [-0.4, -0.2) is 49.3 Å². The van der Waals surface area contributed by atoms with E-state index in [-0.39, 0.29) is 12.0 Å². The van der Waals surface area contributed by atoms with Crippen LogP contribution in [0.2, 0.25) is 0 Å². The van der Waals surface area contributed by atoms with Gasteiger partial charge in [-0.2, -0.15) is 0 Å². The van der Waals surface area contributed by atoms with Gasteiger partial charge in [-0.3, -0.25) is 0 Å². The topological polar surface area (TPSA) is 64.6 Å². The summed E-state index contributed by atoms with van der Waals surface area (Å²) in [7, 11) is 9.77. The molecule has 0 bridgehead atoms. The maximum Gasteiger partial charge on any atom is 0.203 e. The lowest BCUT2D eigenvalue weighted by molar-refractivity contribution is -0.0137. The Bertz CT molecular complexity index is 1030. The second-order valence-electron chi connectivity index (χ2n) is 9.48. The van der Waals surface area contributed by atoms with Crippen molar-refractivity contribution in [3.63, 3.8) is 0 Å². The van der Waals surface area contributed by atoms with Gasteiger partial charge < -0.3 is 33.2 Å². The summed E-state index contributed by atoms with van der Waals surface area (Å²) in [6.45, 7) is 9.44. The highest BCUT2D eigenvalue weighted by Gasteiger charge is 2.38. The number of hydrogen-bond acceptors (Lipinski definition) is 7. The molecule has 0 saturated carbocycles. The summed E-state index contributed by atoms with van der Waals surface area (Å²) in [5, 5.41) is 0. The Morgan fingerprint density at radius 1 is 0.714 bits per heavy atom. The zero-order chi connectivity index (χ0) is 25.9. The molecule has 0 fully saturated rings. The Morgan fingerprint density at radius 2 is 1.23 bits per heavy atom. The van der Waals surface area contributed by atoms with Gasteiger partial charge >= 0.3 is 0 Å². The molecule has 0 spiro atoms. The molecule has 0 radical (unpaired) electrons. The molecule has 7 heteroatoms. The predicted octanol–water partition coefficient (Wildman–Crippen LogP) is 5.95. The van der Waals surface area contributed by atoms with Crippen LogP contribution in [0.25, 0.3) is 11.1 Å².